The van der Waals surface area contributed by atoms with Crippen molar-refractivity contribution in [3.8, 4) is 0 Å². The normalized spacial score (nSPS) is 16.2. The largest absolute Gasteiger partial charge is 0.309 e. The SMILES string of the molecule is CCCNS(=O)(=O)c1ccc(CCC(=O)N2c3ccc(Br)cc3C[C@H]2C)cc1. The molecule has 0 saturated carbocycles. The molecule has 28 heavy (non-hydrogen) atoms. The van der Waals surface area contributed by atoms with Gasteiger partial charge in [0.1, 0.15) is 0 Å². The van der Waals surface area contributed by atoms with E-state index in [0.717, 1.165) is 28.6 Å². The van der Waals surface area contributed by atoms with Crippen molar-refractivity contribution in [2.24, 2.45) is 0 Å². The Balaban J connectivity index is 1.64. The van der Waals surface area contributed by atoms with Crippen LogP contribution in [-0.4, -0.2) is 26.9 Å². The second-order valence-corrected chi connectivity index (χ2v) is 9.81. The molecule has 0 spiro atoms. The van der Waals surface area contributed by atoms with E-state index < -0.39 is 10.0 Å². The van der Waals surface area contributed by atoms with Gasteiger partial charge in [-0.1, -0.05) is 35.0 Å². The zero-order chi connectivity index (χ0) is 20.3. The summed E-state index contributed by atoms with van der Waals surface area (Å²) < 4.78 is 27.9. The van der Waals surface area contributed by atoms with Gasteiger partial charge in [0, 0.05) is 29.2 Å². The van der Waals surface area contributed by atoms with Gasteiger partial charge in [-0.15, -0.1) is 0 Å². The van der Waals surface area contributed by atoms with Crippen LogP contribution in [0.2, 0.25) is 0 Å². The Morgan fingerprint density at radius 3 is 2.61 bits per heavy atom. The number of fused-ring (bicyclic) bond motifs is 1. The van der Waals surface area contributed by atoms with Gasteiger partial charge in [-0.25, -0.2) is 13.1 Å². The average Bonchev–Trinajstić information content (AvgIpc) is 2.99. The second kappa shape index (κ2) is 8.76. The van der Waals surface area contributed by atoms with Gasteiger partial charge in [0.05, 0.1) is 4.90 Å². The lowest BCUT2D eigenvalue weighted by atomic mass is 10.1. The van der Waals surface area contributed by atoms with Crippen molar-refractivity contribution in [1.82, 2.24) is 4.72 Å². The Bertz CT molecular complexity index is 958. The van der Waals surface area contributed by atoms with Crippen molar-refractivity contribution in [3.05, 3.63) is 58.1 Å². The first-order valence-electron chi connectivity index (χ1n) is 9.51. The molecule has 2 aromatic carbocycles. The molecule has 0 fully saturated rings. The van der Waals surface area contributed by atoms with Crippen LogP contribution in [-0.2, 0) is 27.7 Å². The Morgan fingerprint density at radius 2 is 1.93 bits per heavy atom. The van der Waals surface area contributed by atoms with Crippen LogP contribution < -0.4 is 9.62 Å². The van der Waals surface area contributed by atoms with Crippen LogP contribution in [0.5, 0.6) is 0 Å². The maximum absolute atomic E-state index is 12.8. The highest BCUT2D eigenvalue weighted by molar-refractivity contribution is 9.10. The summed E-state index contributed by atoms with van der Waals surface area (Å²) in [5.74, 6) is 0.0925. The predicted octanol–water partition coefficient (Wildman–Crippen LogP) is 4.05. The first-order valence-corrected chi connectivity index (χ1v) is 11.8. The van der Waals surface area contributed by atoms with E-state index in [1.165, 1.54) is 5.56 Å². The summed E-state index contributed by atoms with van der Waals surface area (Å²) in [7, 11) is -3.46. The Morgan fingerprint density at radius 1 is 1.21 bits per heavy atom. The van der Waals surface area contributed by atoms with Crippen molar-refractivity contribution in [2.75, 3.05) is 11.4 Å². The van der Waals surface area contributed by atoms with E-state index >= 15 is 0 Å². The number of nitrogens with one attached hydrogen (secondary N) is 1. The molecule has 0 aromatic heterocycles. The van der Waals surface area contributed by atoms with Crippen molar-refractivity contribution in [3.63, 3.8) is 0 Å². The molecule has 1 atom stereocenters. The average molecular weight is 465 g/mol. The predicted molar refractivity (Wildman–Crippen MR) is 115 cm³/mol. The number of rotatable bonds is 7. The maximum Gasteiger partial charge on any atom is 0.240 e. The number of hydrogen-bond donors (Lipinski definition) is 1. The molecule has 0 aliphatic carbocycles. The minimum Gasteiger partial charge on any atom is -0.309 e. The van der Waals surface area contributed by atoms with Crippen LogP contribution >= 0.6 is 15.9 Å². The number of carbonyl (C=O) groups is 1. The van der Waals surface area contributed by atoms with E-state index in [4.69, 9.17) is 0 Å². The highest BCUT2D eigenvalue weighted by Crippen LogP contribution is 2.34. The first kappa shape index (κ1) is 21.0. The smallest absolute Gasteiger partial charge is 0.240 e. The monoisotopic (exact) mass is 464 g/mol. The van der Waals surface area contributed by atoms with Gasteiger partial charge in [0.25, 0.3) is 0 Å². The molecule has 1 amide bonds. The first-order chi connectivity index (χ1) is 13.3. The number of halogens is 1. The van der Waals surface area contributed by atoms with Gasteiger partial charge in [-0.2, -0.15) is 0 Å². The summed E-state index contributed by atoms with van der Waals surface area (Å²) in [5, 5.41) is 0. The number of benzene rings is 2. The van der Waals surface area contributed by atoms with Gasteiger partial charge in [-0.3, -0.25) is 4.79 Å². The van der Waals surface area contributed by atoms with Crippen LogP contribution in [0.25, 0.3) is 0 Å². The van der Waals surface area contributed by atoms with Crippen LogP contribution in [0.15, 0.2) is 51.8 Å². The molecule has 0 radical (unpaired) electrons. The van der Waals surface area contributed by atoms with Gasteiger partial charge in [-0.05, 0) is 67.6 Å². The lowest BCUT2D eigenvalue weighted by molar-refractivity contribution is -0.118. The number of aryl methyl sites for hydroxylation is 1. The third-order valence-electron chi connectivity index (χ3n) is 4.93. The standard InChI is InChI=1S/C21H25BrN2O3S/c1-3-12-23-28(26,27)19-8-4-16(5-9-19)6-11-21(25)24-15(2)13-17-14-18(22)7-10-20(17)24/h4-5,7-10,14-15,23H,3,6,11-13H2,1-2H3/t15-/m1/s1. The van der Waals surface area contributed by atoms with Crippen LogP contribution in [0.4, 0.5) is 5.69 Å². The number of nitrogens with zero attached hydrogens (tertiary/aromatic N) is 1. The van der Waals surface area contributed by atoms with Crippen molar-refractivity contribution in [2.45, 2.75) is 50.5 Å². The van der Waals surface area contributed by atoms with E-state index in [1.54, 1.807) is 24.3 Å². The van der Waals surface area contributed by atoms with Gasteiger partial charge >= 0.3 is 0 Å². The molecule has 5 nitrogen and oxygen atoms in total. The van der Waals surface area contributed by atoms with Gasteiger partial charge in [0.15, 0.2) is 0 Å². The number of carbonyl (C=O) groups excluding carboxylic acids is 1. The number of hydrogen-bond acceptors (Lipinski definition) is 3. The lowest BCUT2D eigenvalue weighted by Gasteiger charge is -2.23. The lowest BCUT2D eigenvalue weighted by Crippen LogP contribution is -2.35. The minimum atomic E-state index is -3.46. The zero-order valence-electron chi connectivity index (χ0n) is 16.1. The molecule has 0 bridgehead atoms. The molecular weight excluding hydrogens is 440 g/mol. The Labute approximate surface area is 175 Å². The highest BCUT2D eigenvalue weighted by atomic mass is 79.9. The fourth-order valence-corrected chi connectivity index (χ4v) is 5.05. The van der Waals surface area contributed by atoms with E-state index in [2.05, 4.69) is 33.6 Å². The molecule has 1 heterocycles. The van der Waals surface area contributed by atoms with E-state index in [9.17, 15) is 13.2 Å². The van der Waals surface area contributed by atoms with Gasteiger partial charge in [0.2, 0.25) is 15.9 Å². The van der Waals surface area contributed by atoms with E-state index in [1.807, 2.05) is 24.0 Å². The van der Waals surface area contributed by atoms with Crippen LogP contribution in [0.3, 0.4) is 0 Å². The highest BCUT2D eigenvalue weighted by Gasteiger charge is 2.30. The van der Waals surface area contributed by atoms with Gasteiger partial charge < -0.3 is 4.90 Å². The molecule has 3 rings (SSSR count). The molecule has 7 heteroatoms. The molecule has 0 unspecified atom stereocenters. The number of anilines is 1. The van der Waals surface area contributed by atoms with E-state index in [-0.39, 0.29) is 16.8 Å². The molecule has 1 aliphatic heterocycles. The van der Waals surface area contributed by atoms with Crippen LogP contribution in [0, 0.1) is 0 Å². The molecule has 1 N–H and O–H groups in total. The minimum absolute atomic E-state index is 0.0925. The summed E-state index contributed by atoms with van der Waals surface area (Å²) in [6.45, 7) is 4.40. The molecule has 1 aliphatic rings. The summed E-state index contributed by atoms with van der Waals surface area (Å²) in [5.41, 5.74) is 3.12. The molecule has 2 aromatic rings. The van der Waals surface area contributed by atoms with E-state index in [0.29, 0.717) is 19.4 Å². The summed E-state index contributed by atoms with van der Waals surface area (Å²) >= 11 is 3.49. The third kappa shape index (κ3) is 4.64. The fourth-order valence-electron chi connectivity index (χ4n) is 3.51. The molecule has 0 saturated heterocycles. The summed E-state index contributed by atoms with van der Waals surface area (Å²) in [6, 6.07) is 12.9. The van der Waals surface area contributed by atoms with Crippen molar-refractivity contribution < 1.29 is 13.2 Å². The van der Waals surface area contributed by atoms with Crippen LogP contribution in [0.1, 0.15) is 37.8 Å². The Kier molecular flexibility index (Phi) is 6.58. The quantitative estimate of drug-likeness (QED) is 0.671. The number of amides is 1. The Hall–Kier alpha value is -1.70. The summed E-state index contributed by atoms with van der Waals surface area (Å²) in [4.78, 5) is 15.0. The summed E-state index contributed by atoms with van der Waals surface area (Å²) in [6.07, 6.45) is 2.57. The molecular formula is C21H25BrN2O3S. The maximum atomic E-state index is 12.8. The molecule has 150 valence electrons. The van der Waals surface area contributed by atoms with Crippen molar-refractivity contribution >= 4 is 37.5 Å². The van der Waals surface area contributed by atoms with Crippen molar-refractivity contribution in [1.29, 1.82) is 0 Å². The zero-order valence-corrected chi connectivity index (χ0v) is 18.5. The fraction of sp³-hybridized carbons (Fsp3) is 0.381. The topological polar surface area (TPSA) is 66.5 Å². The second-order valence-electron chi connectivity index (χ2n) is 7.13. The third-order valence-corrected chi connectivity index (χ3v) is 6.90. The number of sulfonamides is 1.